The fourth-order valence-electron chi connectivity index (χ4n) is 1.15. The van der Waals surface area contributed by atoms with Crippen molar-refractivity contribution in [2.24, 2.45) is 5.92 Å². The highest BCUT2D eigenvalue weighted by atomic mass is 16.4. The van der Waals surface area contributed by atoms with Gasteiger partial charge in [0.15, 0.2) is 0 Å². The van der Waals surface area contributed by atoms with Crippen LogP contribution < -0.4 is 0 Å². The first-order chi connectivity index (χ1) is 6.02. The monoisotopic (exact) mass is 183 g/mol. The summed E-state index contributed by atoms with van der Waals surface area (Å²) in [6.45, 7) is 0. The van der Waals surface area contributed by atoms with E-state index in [1.165, 1.54) is 0 Å². The van der Waals surface area contributed by atoms with Crippen LogP contribution >= 0.6 is 0 Å². The summed E-state index contributed by atoms with van der Waals surface area (Å²) < 4.78 is 0. The molecule has 0 amide bonds. The number of carbonyl (C=O) groups is 2. The van der Waals surface area contributed by atoms with Crippen LogP contribution in [0.1, 0.15) is 12.8 Å². The molecule has 0 aliphatic heterocycles. The molecule has 0 heterocycles. The number of hydrogen-bond acceptors (Lipinski definition) is 3. The van der Waals surface area contributed by atoms with E-state index in [0.29, 0.717) is 5.57 Å². The summed E-state index contributed by atoms with van der Waals surface area (Å²) in [6.07, 6.45) is 3.46. The number of carboxylic acid groups (broad SMARTS) is 1. The van der Waals surface area contributed by atoms with Gasteiger partial charge in [-0.2, -0.15) is 0 Å². The van der Waals surface area contributed by atoms with E-state index in [2.05, 4.69) is 0 Å². The van der Waals surface area contributed by atoms with Crippen LogP contribution in [0.25, 0.3) is 0 Å². The Morgan fingerprint density at radius 3 is 2.23 bits per heavy atom. The van der Waals surface area contributed by atoms with Crippen molar-refractivity contribution in [1.29, 1.82) is 0 Å². The van der Waals surface area contributed by atoms with Crippen molar-refractivity contribution in [3.63, 3.8) is 0 Å². The predicted octanol–water partition coefficient (Wildman–Crippen LogP) is 0.496. The number of carboxylic acids is 1. The van der Waals surface area contributed by atoms with Crippen LogP contribution in [-0.4, -0.2) is 35.9 Å². The van der Waals surface area contributed by atoms with Crippen molar-refractivity contribution in [2.45, 2.75) is 12.8 Å². The van der Waals surface area contributed by atoms with Gasteiger partial charge in [0, 0.05) is 25.9 Å². The maximum absolute atomic E-state index is 11.2. The second-order valence-corrected chi connectivity index (χ2v) is 3.46. The van der Waals surface area contributed by atoms with Crippen molar-refractivity contribution in [3.05, 3.63) is 11.8 Å². The van der Waals surface area contributed by atoms with Gasteiger partial charge in [-0.1, -0.05) is 0 Å². The van der Waals surface area contributed by atoms with Crippen LogP contribution in [0.15, 0.2) is 11.8 Å². The molecule has 72 valence electrons. The van der Waals surface area contributed by atoms with Gasteiger partial charge in [0.05, 0.1) is 0 Å². The fourth-order valence-corrected chi connectivity index (χ4v) is 1.15. The summed E-state index contributed by atoms with van der Waals surface area (Å²) >= 11 is 0. The van der Waals surface area contributed by atoms with E-state index in [9.17, 15) is 9.59 Å². The molecule has 13 heavy (non-hydrogen) atoms. The van der Waals surface area contributed by atoms with E-state index in [4.69, 9.17) is 5.11 Å². The molecule has 0 spiro atoms. The summed E-state index contributed by atoms with van der Waals surface area (Å²) in [7, 11) is 3.55. The summed E-state index contributed by atoms with van der Waals surface area (Å²) in [5, 5.41) is 8.53. The lowest BCUT2D eigenvalue weighted by Gasteiger charge is -2.08. The Balaban J connectivity index is 2.79. The molecule has 1 saturated carbocycles. The predicted molar refractivity (Wildman–Crippen MR) is 47.1 cm³/mol. The Hall–Kier alpha value is -1.32. The molecule has 0 unspecified atom stereocenters. The Bertz CT molecular complexity index is 264. The van der Waals surface area contributed by atoms with E-state index >= 15 is 0 Å². The fraction of sp³-hybridized carbons (Fsp3) is 0.556. The molecule has 0 aromatic carbocycles. The molecule has 4 heteroatoms. The minimum absolute atomic E-state index is 0.172. The van der Waals surface area contributed by atoms with Gasteiger partial charge < -0.3 is 10.0 Å². The van der Waals surface area contributed by atoms with Gasteiger partial charge in [0.1, 0.15) is 0 Å². The Kier molecular flexibility index (Phi) is 2.70. The lowest BCUT2D eigenvalue weighted by atomic mass is 10.1. The number of ketones is 1. The number of carbonyl (C=O) groups excluding carboxylic acids is 1. The van der Waals surface area contributed by atoms with Crippen molar-refractivity contribution >= 4 is 11.8 Å². The van der Waals surface area contributed by atoms with E-state index in [0.717, 1.165) is 12.8 Å². The maximum Gasteiger partial charge on any atom is 0.376 e. The number of aliphatic carboxylic acids is 1. The quantitative estimate of drug-likeness (QED) is 0.509. The van der Waals surface area contributed by atoms with Crippen LogP contribution in [0, 0.1) is 5.92 Å². The summed E-state index contributed by atoms with van der Waals surface area (Å²) in [5.41, 5.74) is 0.428. The molecule has 4 nitrogen and oxygen atoms in total. The third kappa shape index (κ3) is 2.57. The molecular weight excluding hydrogens is 170 g/mol. The number of hydrogen-bond donors (Lipinski definition) is 1. The first-order valence-electron chi connectivity index (χ1n) is 4.18. The Labute approximate surface area is 76.8 Å². The average Bonchev–Trinajstić information content (AvgIpc) is 2.80. The van der Waals surface area contributed by atoms with Crippen molar-refractivity contribution in [1.82, 2.24) is 4.90 Å². The maximum atomic E-state index is 11.2. The number of rotatable bonds is 4. The van der Waals surface area contributed by atoms with E-state index < -0.39 is 11.8 Å². The van der Waals surface area contributed by atoms with E-state index in [1.54, 1.807) is 25.2 Å². The van der Waals surface area contributed by atoms with Crippen LogP contribution in [0.2, 0.25) is 0 Å². The normalized spacial score (nSPS) is 16.9. The largest absolute Gasteiger partial charge is 0.475 e. The van der Waals surface area contributed by atoms with Gasteiger partial charge in [-0.15, -0.1) is 0 Å². The minimum atomic E-state index is -1.36. The average molecular weight is 183 g/mol. The van der Waals surface area contributed by atoms with Gasteiger partial charge in [-0.05, 0) is 18.8 Å². The zero-order valence-electron chi connectivity index (χ0n) is 7.78. The summed E-state index contributed by atoms with van der Waals surface area (Å²) in [4.78, 5) is 23.3. The molecule has 0 bridgehead atoms. The molecule has 0 radical (unpaired) electrons. The van der Waals surface area contributed by atoms with Gasteiger partial charge >= 0.3 is 5.97 Å². The van der Waals surface area contributed by atoms with Gasteiger partial charge in [0.25, 0.3) is 5.78 Å². The smallest absolute Gasteiger partial charge is 0.376 e. The zero-order valence-corrected chi connectivity index (χ0v) is 7.78. The number of Topliss-reactive ketones (excluding diaryl/α,β-unsaturated/α-hetero) is 1. The molecule has 0 aromatic rings. The third-order valence-corrected chi connectivity index (χ3v) is 1.87. The minimum Gasteiger partial charge on any atom is -0.475 e. The van der Waals surface area contributed by atoms with E-state index in [-0.39, 0.29) is 5.92 Å². The summed E-state index contributed by atoms with van der Waals surface area (Å²) in [5.74, 6) is -1.96. The molecule has 1 aliphatic rings. The van der Waals surface area contributed by atoms with Crippen LogP contribution in [0.4, 0.5) is 0 Å². The number of nitrogens with zero attached hydrogens (tertiary/aromatic N) is 1. The SMILES string of the molecule is CN(C)C=C(C(=O)C(=O)O)C1CC1. The van der Waals surface area contributed by atoms with Crippen molar-refractivity contribution in [2.75, 3.05) is 14.1 Å². The van der Waals surface area contributed by atoms with Crippen LogP contribution in [-0.2, 0) is 9.59 Å². The zero-order chi connectivity index (χ0) is 10.0. The summed E-state index contributed by atoms with van der Waals surface area (Å²) in [6, 6.07) is 0. The van der Waals surface area contributed by atoms with Crippen molar-refractivity contribution < 1.29 is 14.7 Å². The van der Waals surface area contributed by atoms with Gasteiger partial charge in [-0.3, -0.25) is 4.79 Å². The standard InChI is InChI=1S/C9H13NO3/c1-10(2)5-7(6-3-4-6)8(11)9(12)13/h5-6H,3-4H2,1-2H3,(H,12,13). The van der Waals surface area contributed by atoms with E-state index in [1.807, 2.05) is 0 Å². The molecule has 1 N–H and O–H groups in total. The van der Waals surface area contributed by atoms with Gasteiger partial charge in [0.2, 0.25) is 0 Å². The van der Waals surface area contributed by atoms with Crippen molar-refractivity contribution in [3.8, 4) is 0 Å². The lowest BCUT2D eigenvalue weighted by molar-refractivity contribution is -0.147. The first-order valence-corrected chi connectivity index (χ1v) is 4.18. The third-order valence-electron chi connectivity index (χ3n) is 1.87. The molecular formula is C9H13NO3. The molecule has 0 saturated heterocycles. The second-order valence-electron chi connectivity index (χ2n) is 3.46. The topological polar surface area (TPSA) is 57.6 Å². The van der Waals surface area contributed by atoms with Gasteiger partial charge in [-0.25, -0.2) is 4.79 Å². The van der Waals surface area contributed by atoms with Crippen LogP contribution in [0.5, 0.6) is 0 Å². The highest BCUT2D eigenvalue weighted by Crippen LogP contribution is 2.36. The molecule has 1 aliphatic carbocycles. The molecule has 1 fully saturated rings. The Morgan fingerprint density at radius 2 is 1.92 bits per heavy atom. The first kappa shape index (κ1) is 9.77. The molecule has 1 rings (SSSR count). The highest BCUT2D eigenvalue weighted by molar-refractivity contribution is 6.39. The van der Waals surface area contributed by atoms with Crippen LogP contribution in [0.3, 0.4) is 0 Å². The Morgan fingerprint density at radius 1 is 1.38 bits per heavy atom. The highest BCUT2D eigenvalue weighted by Gasteiger charge is 2.33. The lowest BCUT2D eigenvalue weighted by Crippen LogP contribution is -2.18. The molecule has 0 atom stereocenters. The molecule has 0 aromatic heterocycles. The second kappa shape index (κ2) is 3.60.